The third-order valence-corrected chi connectivity index (χ3v) is 2.86. The lowest BCUT2D eigenvalue weighted by Crippen LogP contribution is -2.36. The molecule has 5 nitrogen and oxygen atoms in total. The summed E-state index contributed by atoms with van der Waals surface area (Å²) in [5.74, 6) is -0.0804. The largest absolute Gasteiger partial charge is 0.433 e. The van der Waals surface area contributed by atoms with Gasteiger partial charge in [-0.05, 0) is 38.3 Å². The van der Waals surface area contributed by atoms with E-state index in [0.29, 0.717) is 18.4 Å². The molecule has 0 spiro atoms. The van der Waals surface area contributed by atoms with Gasteiger partial charge >= 0.3 is 12.6 Å². The van der Waals surface area contributed by atoms with E-state index in [2.05, 4.69) is 15.4 Å². The molecule has 1 aromatic rings. The van der Waals surface area contributed by atoms with Crippen molar-refractivity contribution in [3.8, 4) is 5.75 Å². The van der Waals surface area contributed by atoms with E-state index in [1.54, 1.807) is 26.0 Å². The van der Waals surface area contributed by atoms with Crippen molar-refractivity contribution in [2.24, 2.45) is 0 Å². The molecule has 0 aliphatic rings. The number of urea groups is 1. The van der Waals surface area contributed by atoms with Gasteiger partial charge in [0.25, 0.3) is 0 Å². The number of hydrogen-bond donors (Lipinski definition) is 3. The molecule has 0 radical (unpaired) electrons. The molecule has 0 aliphatic heterocycles. The average molecular weight is 302 g/mol. The zero-order chi connectivity index (χ0) is 15.8. The second-order valence-corrected chi connectivity index (χ2v) is 4.69. The van der Waals surface area contributed by atoms with E-state index in [4.69, 9.17) is 5.11 Å². The summed E-state index contributed by atoms with van der Waals surface area (Å²) in [6.07, 6.45) is 1.20. The van der Waals surface area contributed by atoms with Gasteiger partial charge < -0.3 is 20.5 Å². The summed E-state index contributed by atoms with van der Waals surface area (Å²) in [6.45, 7) is 0.573. The van der Waals surface area contributed by atoms with Crippen LogP contribution in [0.4, 0.5) is 19.3 Å². The van der Waals surface area contributed by atoms with E-state index in [0.717, 1.165) is 0 Å². The molecule has 21 heavy (non-hydrogen) atoms. The van der Waals surface area contributed by atoms with Crippen molar-refractivity contribution >= 4 is 11.7 Å². The Hall–Kier alpha value is -1.89. The molecule has 0 aromatic heterocycles. The Kier molecular flexibility index (Phi) is 6.87. The van der Waals surface area contributed by atoms with Crippen molar-refractivity contribution in [1.82, 2.24) is 5.32 Å². The van der Waals surface area contributed by atoms with Crippen molar-refractivity contribution in [1.29, 1.82) is 0 Å². The van der Waals surface area contributed by atoms with Gasteiger partial charge in [0.1, 0.15) is 5.75 Å². The molecule has 1 unspecified atom stereocenters. The van der Waals surface area contributed by atoms with Gasteiger partial charge in [0, 0.05) is 12.6 Å². The molecule has 7 heteroatoms. The Morgan fingerprint density at radius 3 is 2.76 bits per heavy atom. The molecular formula is C14H20F2N2O3. The zero-order valence-corrected chi connectivity index (χ0v) is 12.0. The number of rotatable bonds is 7. The third-order valence-electron chi connectivity index (χ3n) is 2.86. The van der Waals surface area contributed by atoms with Crippen LogP contribution >= 0.6 is 0 Å². The zero-order valence-electron chi connectivity index (χ0n) is 12.0. The topological polar surface area (TPSA) is 70.6 Å². The van der Waals surface area contributed by atoms with Gasteiger partial charge in [-0.25, -0.2) is 4.79 Å². The third kappa shape index (κ3) is 5.95. The molecular weight excluding hydrogens is 282 g/mol. The summed E-state index contributed by atoms with van der Waals surface area (Å²) in [6, 6.07) is 3.97. The molecule has 2 amide bonds. The number of amides is 2. The number of carbonyl (C=O) groups excluding carboxylic acids is 1. The van der Waals surface area contributed by atoms with Gasteiger partial charge in [0.05, 0.1) is 5.69 Å². The molecule has 1 atom stereocenters. The van der Waals surface area contributed by atoms with E-state index >= 15 is 0 Å². The Balaban J connectivity index is 2.70. The van der Waals surface area contributed by atoms with Gasteiger partial charge in [0.2, 0.25) is 0 Å². The van der Waals surface area contributed by atoms with Gasteiger partial charge in [0.15, 0.2) is 0 Å². The SMILES string of the molecule is Cc1cccc(OC(F)F)c1NC(=O)NC(C)CCCO. The van der Waals surface area contributed by atoms with Crippen LogP contribution in [0.2, 0.25) is 0 Å². The maximum atomic E-state index is 12.3. The number of para-hydroxylation sites is 1. The van der Waals surface area contributed by atoms with Crippen LogP contribution in [-0.4, -0.2) is 30.4 Å². The highest BCUT2D eigenvalue weighted by Gasteiger charge is 2.15. The van der Waals surface area contributed by atoms with Crippen LogP contribution in [-0.2, 0) is 0 Å². The summed E-state index contributed by atoms with van der Waals surface area (Å²) in [4.78, 5) is 11.8. The lowest BCUT2D eigenvalue weighted by molar-refractivity contribution is -0.0493. The number of ether oxygens (including phenoxy) is 1. The van der Waals surface area contributed by atoms with Gasteiger partial charge in [-0.3, -0.25) is 0 Å². The standard InChI is InChI=1S/C14H20F2N2O3/c1-9-5-3-7-11(21-13(15)16)12(9)18-14(20)17-10(2)6-4-8-19/h3,5,7,10,13,19H,4,6,8H2,1-2H3,(H2,17,18,20). The molecule has 0 saturated heterocycles. The minimum atomic E-state index is -2.96. The van der Waals surface area contributed by atoms with Crippen molar-refractivity contribution in [2.45, 2.75) is 39.3 Å². The number of benzene rings is 1. The fraction of sp³-hybridized carbons (Fsp3) is 0.500. The monoisotopic (exact) mass is 302 g/mol. The predicted molar refractivity (Wildman–Crippen MR) is 75.7 cm³/mol. The van der Waals surface area contributed by atoms with E-state index in [9.17, 15) is 13.6 Å². The van der Waals surface area contributed by atoms with Crippen molar-refractivity contribution in [3.63, 3.8) is 0 Å². The summed E-state index contributed by atoms with van der Waals surface area (Å²) < 4.78 is 29.1. The van der Waals surface area contributed by atoms with Crippen molar-refractivity contribution in [3.05, 3.63) is 23.8 Å². The molecule has 118 valence electrons. The molecule has 3 N–H and O–H groups in total. The first kappa shape index (κ1) is 17.2. The highest BCUT2D eigenvalue weighted by Crippen LogP contribution is 2.29. The van der Waals surface area contributed by atoms with E-state index < -0.39 is 12.6 Å². The second kappa shape index (κ2) is 8.41. The Labute approximate surface area is 122 Å². The van der Waals surface area contributed by atoms with Crippen LogP contribution in [0.1, 0.15) is 25.3 Å². The highest BCUT2D eigenvalue weighted by atomic mass is 19.3. The molecule has 0 aliphatic carbocycles. The molecule has 1 aromatic carbocycles. The van der Waals surface area contributed by atoms with Gasteiger partial charge in [-0.2, -0.15) is 8.78 Å². The summed E-state index contributed by atoms with van der Waals surface area (Å²) in [7, 11) is 0. The quantitative estimate of drug-likeness (QED) is 0.725. The minimum Gasteiger partial charge on any atom is -0.433 e. The van der Waals surface area contributed by atoms with Crippen LogP contribution < -0.4 is 15.4 Å². The Bertz CT molecular complexity index is 470. The number of halogens is 2. The predicted octanol–water partition coefficient (Wildman–Crippen LogP) is 2.88. The average Bonchev–Trinajstić information content (AvgIpc) is 2.39. The number of hydrogen-bond acceptors (Lipinski definition) is 3. The number of alkyl halides is 2. The second-order valence-electron chi connectivity index (χ2n) is 4.69. The molecule has 0 saturated carbocycles. The number of aliphatic hydroxyl groups excluding tert-OH is 1. The molecule has 0 fully saturated rings. The normalized spacial score (nSPS) is 12.1. The lowest BCUT2D eigenvalue weighted by atomic mass is 10.2. The number of aryl methyl sites for hydroxylation is 1. The van der Waals surface area contributed by atoms with Crippen LogP contribution in [0.15, 0.2) is 18.2 Å². The smallest absolute Gasteiger partial charge is 0.387 e. The molecule has 1 rings (SSSR count). The van der Waals surface area contributed by atoms with Gasteiger partial charge in [-0.1, -0.05) is 12.1 Å². The minimum absolute atomic E-state index is 0.0534. The van der Waals surface area contributed by atoms with Crippen LogP contribution in [0.5, 0.6) is 5.75 Å². The lowest BCUT2D eigenvalue weighted by Gasteiger charge is -2.17. The Morgan fingerprint density at radius 1 is 1.43 bits per heavy atom. The summed E-state index contributed by atoms with van der Waals surface area (Å²) in [5, 5.41) is 13.9. The Morgan fingerprint density at radius 2 is 2.14 bits per heavy atom. The van der Waals surface area contributed by atoms with Crippen LogP contribution in [0, 0.1) is 6.92 Å². The molecule has 0 heterocycles. The molecule has 0 bridgehead atoms. The maximum Gasteiger partial charge on any atom is 0.387 e. The fourth-order valence-electron chi connectivity index (χ4n) is 1.84. The van der Waals surface area contributed by atoms with Crippen molar-refractivity contribution < 1.29 is 23.4 Å². The van der Waals surface area contributed by atoms with E-state index in [1.165, 1.54) is 6.07 Å². The van der Waals surface area contributed by atoms with E-state index in [-0.39, 0.29) is 24.1 Å². The first-order valence-corrected chi connectivity index (χ1v) is 6.66. The number of nitrogens with one attached hydrogen (secondary N) is 2. The van der Waals surface area contributed by atoms with E-state index in [1.807, 2.05) is 0 Å². The van der Waals surface area contributed by atoms with Crippen LogP contribution in [0.3, 0.4) is 0 Å². The fourth-order valence-corrected chi connectivity index (χ4v) is 1.84. The first-order chi connectivity index (χ1) is 9.93. The summed E-state index contributed by atoms with van der Waals surface area (Å²) >= 11 is 0. The van der Waals surface area contributed by atoms with Crippen LogP contribution in [0.25, 0.3) is 0 Å². The highest BCUT2D eigenvalue weighted by molar-refractivity contribution is 5.92. The number of aliphatic hydroxyl groups is 1. The van der Waals surface area contributed by atoms with Crippen molar-refractivity contribution in [2.75, 3.05) is 11.9 Å². The number of anilines is 1. The summed E-state index contributed by atoms with van der Waals surface area (Å²) in [5.41, 5.74) is 0.830. The van der Waals surface area contributed by atoms with Gasteiger partial charge in [-0.15, -0.1) is 0 Å². The number of carbonyl (C=O) groups is 1. The maximum absolute atomic E-state index is 12.3. The first-order valence-electron chi connectivity index (χ1n) is 6.66.